The molecule has 1 spiro atoms. The monoisotopic (exact) mass is 326 g/mol. The molecule has 1 amide bonds. The normalized spacial score (nSPS) is 33.6. The Labute approximate surface area is 138 Å². The van der Waals surface area contributed by atoms with Gasteiger partial charge in [-0.25, -0.2) is 0 Å². The summed E-state index contributed by atoms with van der Waals surface area (Å²) in [6.07, 6.45) is 4.81. The number of likely N-dealkylation sites (tertiary alicyclic amines) is 1. The zero-order chi connectivity index (χ0) is 16.3. The summed E-state index contributed by atoms with van der Waals surface area (Å²) in [5.74, 6) is 0.369. The van der Waals surface area contributed by atoms with E-state index >= 15 is 0 Å². The van der Waals surface area contributed by atoms with E-state index < -0.39 is 0 Å². The SMILES string of the molecule is COCCCNC(=O)[C@@H]1C[C@@H]2CC3(CC[C@H]2N(C)C1)OCCO3. The fourth-order valence-electron chi connectivity index (χ4n) is 4.51. The lowest BCUT2D eigenvalue weighted by Crippen LogP contribution is -2.55. The Morgan fingerprint density at radius 3 is 2.91 bits per heavy atom. The van der Waals surface area contributed by atoms with Crippen LogP contribution in [0.15, 0.2) is 0 Å². The Hall–Kier alpha value is -0.690. The van der Waals surface area contributed by atoms with Gasteiger partial charge in [0.1, 0.15) is 0 Å². The molecule has 6 heteroatoms. The Balaban J connectivity index is 1.55. The van der Waals surface area contributed by atoms with Crippen molar-refractivity contribution in [2.75, 3.05) is 47.1 Å². The first-order valence-corrected chi connectivity index (χ1v) is 8.88. The molecule has 1 N–H and O–H groups in total. The smallest absolute Gasteiger partial charge is 0.224 e. The summed E-state index contributed by atoms with van der Waals surface area (Å²) in [4.78, 5) is 14.8. The first-order chi connectivity index (χ1) is 11.1. The van der Waals surface area contributed by atoms with E-state index in [2.05, 4.69) is 17.3 Å². The Morgan fingerprint density at radius 1 is 1.39 bits per heavy atom. The van der Waals surface area contributed by atoms with E-state index in [9.17, 15) is 4.79 Å². The van der Waals surface area contributed by atoms with Crippen LogP contribution in [0.1, 0.15) is 32.1 Å². The van der Waals surface area contributed by atoms with Gasteiger partial charge < -0.3 is 24.4 Å². The molecule has 3 aliphatic rings. The zero-order valence-corrected chi connectivity index (χ0v) is 14.4. The molecule has 2 heterocycles. The van der Waals surface area contributed by atoms with Crippen molar-refractivity contribution >= 4 is 5.91 Å². The lowest BCUT2D eigenvalue weighted by atomic mass is 9.72. The van der Waals surface area contributed by atoms with Crippen molar-refractivity contribution < 1.29 is 19.0 Å². The molecule has 0 aromatic rings. The van der Waals surface area contributed by atoms with Crippen LogP contribution < -0.4 is 5.32 Å². The number of methoxy groups -OCH3 is 1. The number of carbonyl (C=O) groups is 1. The van der Waals surface area contributed by atoms with Crippen molar-refractivity contribution in [2.24, 2.45) is 11.8 Å². The molecule has 3 fully saturated rings. The number of piperidine rings is 1. The Kier molecular flexibility index (Phi) is 5.57. The van der Waals surface area contributed by atoms with Gasteiger partial charge >= 0.3 is 0 Å². The molecular weight excluding hydrogens is 296 g/mol. The molecule has 1 saturated carbocycles. The second-order valence-corrected chi connectivity index (χ2v) is 7.19. The van der Waals surface area contributed by atoms with Gasteiger partial charge in [0, 0.05) is 45.7 Å². The predicted octanol–water partition coefficient (Wildman–Crippen LogP) is 1.00. The highest BCUT2D eigenvalue weighted by Crippen LogP contribution is 2.44. The van der Waals surface area contributed by atoms with Crippen molar-refractivity contribution in [1.82, 2.24) is 10.2 Å². The van der Waals surface area contributed by atoms with E-state index in [4.69, 9.17) is 14.2 Å². The zero-order valence-electron chi connectivity index (χ0n) is 14.4. The summed E-state index contributed by atoms with van der Waals surface area (Å²) in [6.45, 7) is 3.64. The minimum Gasteiger partial charge on any atom is -0.385 e. The van der Waals surface area contributed by atoms with E-state index in [1.165, 1.54) is 0 Å². The molecule has 0 unspecified atom stereocenters. The van der Waals surface area contributed by atoms with E-state index in [0.29, 0.717) is 38.3 Å². The quantitative estimate of drug-likeness (QED) is 0.764. The number of hydrogen-bond acceptors (Lipinski definition) is 5. The molecule has 1 aliphatic carbocycles. The summed E-state index contributed by atoms with van der Waals surface area (Å²) >= 11 is 0. The van der Waals surface area contributed by atoms with Crippen LogP contribution in [0.3, 0.4) is 0 Å². The standard InChI is InChI=1S/C17H30N2O4/c1-19-12-14(16(20)18-6-3-7-21-2)10-13-11-17(5-4-15(13)19)22-8-9-23-17/h13-15H,3-12H2,1-2H3,(H,18,20)/t13-,14-,15-/m1/s1. The van der Waals surface area contributed by atoms with Crippen LogP contribution in [0, 0.1) is 11.8 Å². The number of carbonyl (C=O) groups excluding carboxylic acids is 1. The van der Waals surface area contributed by atoms with Crippen LogP contribution in [0.4, 0.5) is 0 Å². The van der Waals surface area contributed by atoms with Crippen LogP contribution in [-0.4, -0.2) is 69.7 Å². The van der Waals surface area contributed by atoms with Gasteiger partial charge in [0.15, 0.2) is 5.79 Å². The third-order valence-electron chi connectivity index (χ3n) is 5.61. The van der Waals surface area contributed by atoms with Crippen molar-refractivity contribution in [3.05, 3.63) is 0 Å². The topological polar surface area (TPSA) is 60.0 Å². The molecule has 6 nitrogen and oxygen atoms in total. The maximum absolute atomic E-state index is 12.5. The first-order valence-electron chi connectivity index (χ1n) is 8.88. The highest BCUT2D eigenvalue weighted by molar-refractivity contribution is 5.79. The van der Waals surface area contributed by atoms with Crippen LogP contribution in [-0.2, 0) is 19.0 Å². The summed E-state index contributed by atoms with van der Waals surface area (Å²) < 4.78 is 16.8. The first kappa shape index (κ1) is 17.1. The fraction of sp³-hybridized carbons (Fsp3) is 0.941. The molecule has 0 aromatic heterocycles. The third-order valence-corrected chi connectivity index (χ3v) is 5.61. The number of ether oxygens (including phenoxy) is 3. The second-order valence-electron chi connectivity index (χ2n) is 7.19. The molecule has 0 bridgehead atoms. The van der Waals surface area contributed by atoms with Gasteiger partial charge in [0.25, 0.3) is 0 Å². The number of rotatable bonds is 5. The van der Waals surface area contributed by atoms with Gasteiger partial charge in [-0.2, -0.15) is 0 Å². The van der Waals surface area contributed by atoms with Crippen molar-refractivity contribution in [2.45, 2.75) is 43.9 Å². The lowest BCUT2D eigenvalue weighted by molar-refractivity contribution is -0.202. The van der Waals surface area contributed by atoms with E-state index in [-0.39, 0.29) is 17.6 Å². The molecule has 2 aliphatic heterocycles. The fourth-order valence-corrected chi connectivity index (χ4v) is 4.51. The van der Waals surface area contributed by atoms with Gasteiger partial charge in [0.05, 0.1) is 19.1 Å². The minimum absolute atomic E-state index is 0.0698. The maximum atomic E-state index is 12.5. The maximum Gasteiger partial charge on any atom is 0.224 e. The number of nitrogens with one attached hydrogen (secondary N) is 1. The summed E-state index contributed by atoms with van der Waals surface area (Å²) in [5.41, 5.74) is 0. The van der Waals surface area contributed by atoms with E-state index in [0.717, 1.165) is 38.6 Å². The molecule has 132 valence electrons. The van der Waals surface area contributed by atoms with Crippen LogP contribution in [0.5, 0.6) is 0 Å². The number of nitrogens with zero attached hydrogens (tertiary/aromatic N) is 1. The average molecular weight is 326 g/mol. The van der Waals surface area contributed by atoms with Crippen molar-refractivity contribution in [1.29, 1.82) is 0 Å². The summed E-state index contributed by atoms with van der Waals surface area (Å²) in [7, 11) is 3.83. The average Bonchev–Trinajstić information content (AvgIpc) is 2.98. The van der Waals surface area contributed by atoms with Crippen molar-refractivity contribution in [3.63, 3.8) is 0 Å². The van der Waals surface area contributed by atoms with Crippen LogP contribution >= 0.6 is 0 Å². The molecule has 0 aromatic carbocycles. The highest BCUT2D eigenvalue weighted by atomic mass is 16.7. The Morgan fingerprint density at radius 2 is 2.17 bits per heavy atom. The predicted molar refractivity (Wildman–Crippen MR) is 86.0 cm³/mol. The summed E-state index contributed by atoms with van der Waals surface area (Å²) in [5, 5.41) is 3.06. The third kappa shape index (κ3) is 3.87. The molecule has 23 heavy (non-hydrogen) atoms. The minimum atomic E-state index is -0.362. The van der Waals surface area contributed by atoms with Gasteiger partial charge in [0.2, 0.25) is 5.91 Å². The largest absolute Gasteiger partial charge is 0.385 e. The highest BCUT2D eigenvalue weighted by Gasteiger charge is 2.49. The lowest BCUT2D eigenvalue weighted by Gasteiger charge is -2.49. The van der Waals surface area contributed by atoms with Gasteiger partial charge in [-0.15, -0.1) is 0 Å². The van der Waals surface area contributed by atoms with Crippen molar-refractivity contribution in [3.8, 4) is 0 Å². The molecular formula is C17H30N2O4. The number of amides is 1. The van der Waals surface area contributed by atoms with E-state index in [1.54, 1.807) is 7.11 Å². The van der Waals surface area contributed by atoms with E-state index in [1.807, 2.05) is 0 Å². The molecule has 3 atom stereocenters. The summed E-state index contributed by atoms with van der Waals surface area (Å²) in [6, 6.07) is 0.561. The van der Waals surface area contributed by atoms with Crippen LogP contribution in [0.25, 0.3) is 0 Å². The second kappa shape index (κ2) is 7.47. The number of hydrogen-bond donors (Lipinski definition) is 1. The van der Waals surface area contributed by atoms with Gasteiger partial charge in [-0.3, -0.25) is 4.79 Å². The van der Waals surface area contributed by atoms with Gasteiger partial charge in [-0.05, 0) is 32.2 Å². The van der Waals surface area contributed by atoms with Gasteiger partial charge in [-0.1, -0.05) is 0 Å². The molecule has 2 saturated heterocycles. The molecule has 3 rings (SSSR count). The van der Waals surface area contributed by atoms with Crippen LogP contribution in [0.2, 0.25) is 0 Å². The Bertz CT molecular complexity index is 411. The number of fused-ring (bicyclic) bond motifs is 1. The molecule has 0 radical (unpaired) electrons.